The molecular formula is C12H12N4O3S. The molecule has 0 spiro atoms. The number of nitrogens with zero attached hydrogens (tertiary/aromatic N) is 3. The summed E-state index contributed by atoms with van der Waals surface area (Å²) in [5.41, 5.74) is 0.901. The minimum absolute atomic E-state index is 0.251. The summed E-state index contributed by atoms with van der Waals surface area (Å²) in [5, 5.41) is 15.8. The number of hydrogen-bond acceptors (Lipinski definition) is 5. The highest BCUT2D eigenvalue weighted by Crippen LogP contribution is 2.18. The quantitative estimate of drug-likeness (QED) is 0.807. The standard InChI is InChI=1S/C12H12N4O3S/c1-20-12-9(3-2-4-13-12)11(19)15-8-5-14-16(6-8)7-10(17)18/h2-6H,7H2,1H3,(H,15,19)(H,17,18). The summed E-state index contributed by atoms with van der Waals surface area (Å²) >= 11 is 1.38. The maximum Gasteiger partial charge on any atom is 0.325 e. The number of carboxylic acids is 1. The van der Waals surface area contributed by atoms with Gasteiger partial charge in [0.25, 0.3) is 5.91 Å². The number of nitrogens with one attached hydrogen (secondary N) is 1. The van der Waals surface area contributed by atoms with Crippen molar-refractivity contribution in [1.29, 1.82) is 0 Å². The number of amides is 1. The normalized spacial score (nSPS) is 10.2. The van der Waals surface area contributed by atoms with Gasteiger partial charge < -0.3 is 10.4 Å². The lowest BCUT2D eigenvalue weighted by Crippen LogP contribution is -2.13. The van der Waals surface area contributed by atoms with E-state index >= 15 is 0 Å². The molecule has 0 aliphatic carbocycles. The highest BCUT2D eigenvalue weighted by Gasteiger charge is 2.12. The van der Waals surface area contributed by atoms with E-state index in [9.17, 15) is 9.59 Å². The van der Waals surface area contributed by atoms with Crippen molar-refractivity contribution in [2.75, 3.05) is 11.6 Å². The van der Waals surface area contributed by atoms with Gasteiger partial charge in [0.1, 0.15) is 11.6 Å². The van der Waals surface area contributed by atoms with Gasteiger partial charge >= 0.3 is 5.97 Å². The van der Waals surface area contributed by atoms with Crippen LogP contribution in [0.1, 0.15) is 10.4 Å². The number of pyridine rings is 1. The molecule has 0 saturated carbocycles. The third-order valence-corrected chi connectivity index (χ3v) is 3.11. The molecule has 0 radical (unpaired) electrons. The lowest BCUT2D eigenvalue weighted by molar-refractivity contribution is -0.137. The number of hydrogen-bond donors (Lipinski definition) is 2. The van der Waals surface area contributed by atoms with Crippen LogP contribution in [0.3, 0.4) is 0 Å². The minimum atomic E-state index is -0.997. The summed E-state index contributed by atoms with van der Waals surface area (Å²) in [5.74, 6) is -1.31. The van der Waals surface area contributed by atoms with E-state index in [4.69, 9.17) is 5.11 Å². The molecule has 2 heterocycles. The lowest BCUT2D eigenvalue weighted by atomic mass is 10.2. The van der Waals surface area contributed by atoms with Crippen molar-refractivity contribution in [3.8, 4) is 0 Å². The average molecular weight is 292 g/mol. The Balaban J connectivity index is 2.11. The van der Waals surface area contributed by atoms with E-state index in [1.165, 1.54) is 28.8 Å². The zero-order valence-electron chi connectivity index (χ0n) is 10.6. The lowest BCUT2D eigenvalue weighted by Gasteiger charge is -2.05. The molecule has 8 heteroatoms. The Morgan fingerprint density at radius 1 is 1.50 bits per heavy atom. The van der Waals surface area contributed by atoms with Crippen molar-refractivity contribution in [2.45, 2.75) is 11.6 Å². The molecule has 2 aromatic rings. The fourth-order valence-corrected chi connectivity index (χ4v) is 2.12. The van der Waals surface area contributed by atoms with Crippen LogP contribution >= 0.6 is 11.8 Å². The largest absolute Gasteiger partial charge is 0.480 e. The SMILES string of the molecule is CSc1ncccc1C(=O)Nc1cnn(CC(=O)O)c1. The smallest absolute Gasteiger partial charge is 0.325 e. The van der Waals surface area contributed by atoms with Crippen LogP contribution < -0.4 is 5.32 Å². The molecule has 2 aromatic heterocycles. The molecule has 0 unspecified atom stereocenters. The van der Waals surface area contributed by atoms with E-state index in [1.807, 2.05) is 6.26 Å². The molecule has 0 aromatic carbocycles. The second-order valence-corrected chi connectivity index (χ2v) is 4.63. The molecule has 0 bridgehead atoms. The van der Waals surface area contributed by atoms with Crippen molar-refractivity contribution in [3.05, 3.63) is 36.3 Å². The Hall–Kier alpha value is -2.35. The molecule has 0 atom stereocenters. The fraction of sp³-hybridized carbons (Fsp3) is 0.167. The Morgan fingerprint density at radius 2 is 2.30 bits per heavy atom. The van der Waals surface area contributed by atoms with Gasteiger partial charge in [-0.1, -0.05) is 0 Å². The van der Waals surface area contributed by atoms with E-state index < -0.39 is 5.97 Å². The maximum atomic E-state index is 12.1. The molecule has 7 nitrogen and oxygen atoms in total. The van der Waals surface area contributed by atoms with Gasteiger partial charge in [-0.2, -0.15) is 5.10 Å². The Kier molecular flexibility index (Phi) is 4.36. The number of carbonyl (C=O) groups is 2. The molecule has 2 rings (SSSR count). The fourth-order valence-electron chi connectivity index (χ4n) is 1.58. The van der Waals surface area contributed by atoms with Gasteiger partial charge in [-0.3, -0.25) is 14.3 Å². The van der Waals surface area contributed by atoms with Crippen LogP contribution in [0.5, 0.6) is 0 Å². The van der Waals surface area contributed by atoms with Crippen LogP contribution in [0, 0.1) is 0 Å². The number of aromatic nitrogens is 3. The molecule has 104 valence electrons. The summed E-state index contributed by atoms with van der Waals surface area (Å²) < 4.78 is 1.23. The highest BCUT2D eigenvalue weighted by molar-refractivity contribution is 7.98. The van der Waals surface area contributed by atoms with Gasteiger partial charge in [0.2, 0.25) is 0 Å². The summed E-state index contributed by atoms with van der Waals surface area (Å²) in [6.45, 7) is -0.251. The molecule has 20 heavy (non-hydrogen) atoms. The molecule has 0 fully saturated rings. The predicted molar refractivity (Wildman–Crippen MR) is 73.8 cm³/mol. The van der Waals surface area contributed by atoms with E-state index in [1.54, 1.807) is 18.3 Å². The number of carboxylic acid groups (broad SMARTS) is 1. The monoisotopic (exact) mass is 292 g/mol. The van der Waals surface area contributed by atoms with Crippen molar-refractivity contribution < 1.29 is 14.7 Å². The summed E-state index contributed by atoms with van der Waals surface area (Å²) in [6, 6.07) is 3.36. The van der Waals surface area contributed by atoms with Gasteiger partial charge in [-0.15, -0.1) is 11.8 Å². The van der Waals surface area contributed by atoms with Crippen LogP contribution in [-0.4, -0.2) is 38.0 Å². The molecular weight excluding hydrogens is 280 g/mol. The molecule has 1 amide bonds. The molecule has 0 aliphatic heterocycles. The van der Waals surface area contributed by atoms with Crippen molar-refractivity contribution in [3.63, 3.8) is 0 Å². The third kappa shape index (κ3) is 3.35. The van der Waals surface area contributed by atoms with Crippen LogP contribution in [0.25, 0.3) is 0 Å². The third-order valence-electron chi connectivity index (χ3n) is 2.40. The van der Waals surface area contributed by atoms with Crippen molar-refractivity contribution in [2.24, 2.45) is 0 Å². The second-order valence-electron chi connectivity index (χ2n) is 3.83. The number of rotatable bonds is 5. The second kappa shape index (κ2) is 6.20. The van der Waals surface area contributed by atoms with E-state index in [0.29, 0.717) is 16.3 Å². The maximum absolute atomic E-state index is 12.1. The average Bonchev–Trinajstić information content (AvgIpc) is 2.85. The number of carbonyl (C=O) groups excluding carboxylic acids is 1. The zero-order valence-corrected chi connectivity index (χ0v) is 11.4. The van der Waals surface area contributed by atoms with Gasteiger partial charge in [0.05, 0.1) is 17.4 Å². The summed E-state index contributed by atoms with van der Waals surface area (Å²) in [7, 11) is 0. The topological polar surface area (TPSA) is 97.1 Å². The summed E-state index contributed by atoms with van der Waals surface area (Å²) in [4.78, 5) is 26.8. The van der Waals surface area contributed by atoms with Gasteiger partial charge in [-0.05, 0) is 18.4 Å². The highest BCUT2D eigenvalue weighted by atomic mass is 32.2. The first kappa shape index (κ1) is 14.1. The minimum Gasteiger partial charge on any atom is -0.480 e. The van der Waals surface area contributed by atoms with Crippen molar-refractivity contribution in [1.82, 2.24) is 14.8 Å². The van der Waals surface area contributed by atoms with Gasteiger partial charge in [0.15, 0.2) is 0 Å². The first-order valence-corrected chi connectivity index (χ1v) is 6.87. The van der Waals surface area contributed by atoms with Gasteiger partial charge in [-0.25, -0.2) is 4.98 Å². The van der Waals surface area contributed by atoms with Crippen LogP contribution in [0.4, 0.5) is 5.69 Å². The Bertz CT molecular complexity index is 641. The number of aliphatic carboxylic acids is 1. The Labute approximate surface area is 119 Å². The van der Waals surface area contributed by atoms with Gasteiger partial charge in [0, 0.05) is 12.4 Å². The first-order valence-electron chi connectivity index (χ1n) is 5.64. The van der Waals surface area contributed by atoms with Crippen LogP contribution in [-0.2, 0) is 11.3 Å². The van der Waals surface area contributed by atoms with Crippen LogP contribution in [0.15, 0.2) is 35.7 Å². The molecule has 0 aliphatic rings. The molecule has 0 saturated heterocycles. The van der Waals surface area contributed by atoms with E-state index in [2.05, 4.69) is 15.4 Å². The predicted octanol–water partition coefficient (Wildman–Crippen LogP) is 1.34. The first-order chi connectivity index (χ1) is 9.60. The van der Waals surface area contributed by atoms with Crippen LogP contribution in [0.2, 0.25) is 0 Å². The summed E-state index contributed by atoms with van der Waals surface area (Å²) in [6.07, 6.45) is 6.31. The number of thioether (sulfide) groups is 1. The van der Waals surface area contributed by atoms with E-state index in [-0.39, 0.29) is 12.5 Å². The van der Waals surface area contributed by atoms with E-state index in [0.717, 1.165) is 0 Å². The zero-order chi connectivity index (χ0) is 14.5. The Morgan fingerprint density at radius 3 is 3.00 bits per heavy atom. The van der Waals surface area contributed by atoms with Crippen molar-refractivity contribution >= 4 is 29.3 Å². The molecule has 2 N–H and O–H groups in total. The number of anilines is 1.